The van der Waals surface area contributed by atoms with Crippen molar-refractivity contribution in [1.82, 2.24) is 0 Å². The fourth-order valence-electron chi connectivity index (χ4n) is 0. The molecule has 0 saturated carbocycles. The zero-order valence-electron chi connectivity index (χ0n) is 2.87. The van der Waals surface area contributed by atoms with Crippen LogP contribution in [0.3, 0.4) is 0 Å². The van der Waals surface area contributed by atoms with Crippen molar-refractivity contribution in [1.29, 1.82) is 0 Å². The SMILES string of the molecule is O=C(F)[N+](F)(F)F. The van der Waals surface area contributed by atoms with E-state index in [9.17, 15) is 17.8 Å². The van der Waals surface area contributed by atoms with E-state index in [4.69, 9.17) is 4.79 Å². The van der Waals surface area contributed by atoms with E-state index in [2.05, 4.69) is 0 Å². The van der Waals surface area contributed by atoms with Gasteiger partial charge >= 0.3 is 11.3 Å². The molecule has 0 aliphatic carbocycles. The van der Waals surface area contributed by atoms with Gasteiger partial charge < -0.3 is 0 Å². The number of carbonyl (C=O) groups is 1. The molecule has 0 unspecified atom stereocenters. The Morgan fingerprint density at radius 2 is 1.43 bits per heavy atom. The van der Waals surface area contributed by atoms with Gasteiger partial charge in [0, 0.05) is 0 Å². The number of rotatable bonds is 0. The van der Waals surface area contributed by atoms with Gasteiger partial charge in [-0.2, -0.15) is 4.79 Å². The summed E-state index contributed by atoms with van der Waals surface area (Å²) in [4.78, 5) is 8.65. The van der Waals surface area contributed by atoms with Crippen LogP contribution in [0.2, 0.25) is 0 Å². The topological polar surface area (TPSA) is 17.1 Å². The summed E-state index contributed by atoms with van der Waals surface area (Å²) in [5, 5.41) is -4.75. The summed E-state index contributed by atoms with van der Waals surface area (Å²) in [6.45, 7) is 0. The summed E-state index contributed by atoms with van der Waals surface area (Å²) in [7, 11) is 0. The van der Waals surface area contributed by atoms with Crippen LogP contribution in [-0.2, 0) is 0 Å². The second-order valence-corrected chi connectivity index (χ2v) is 0.698. The average Bonchev–Trinajstić information content (AvgIpc) is 1.31. The molecule has 0 heterocycles. The Morgan fingerprint density at radius 3 is 1.43 bits per heavy atom. The summed E-state index contributed by atoms with van der Waals surface area (Å²) in [5.41, 5.74) is 0. The van der Waals surface area contributed by atoms with Crippen molar-refractivity contribution in [2.45, 2.75) is 0 Å². The smallest absolute Gasteiger partial charge is 0.184 e. The lowest BCUT2D eigenvalue weighted by atomic mass is 11.3. The van der Waals surface area contributed by atoms with Crippen molar-refractivity contribution < 1.29 is 27.8 Å². The van der Waals surface area contributed by atoms with Crippen LogP contribution >= 0.6 is 0 Å². The van der Waals surface area contributed by atoms with E-state index in [1.807, 2.05) is 0 Å². The highest BCUT2D eigenvalue weighted by Crippen LogP contribution is 2.11. The molecule has 0 radical (unpaired) electrons. The second kappa shape index (κ2) is 1.45. The predicted octanol–water partition coefficient (Wildman–Crippen LogP) is 1.55. The van der Waals surface area contributed by atoms with Crippen LogP contribution in [-0.4, -0.2) is 11.3 Å². The number of hydrogen-bond acceptors (Lipinski definition) is 1. The summed E-state index contributed by atoms with van der Waals surface area (Å²) in [6.07, 6.45) is -3.32. The first-order chi connectivity index (χ1) is 2.94. The molecule has 6 heteroatoms. The fraction of sp³-hybridized carbons (Fsp3) is 0. The van der Waals surface area contributed by atoms with E-state index in [0.717, 1.165) is 0 Å². The van der Waals surface area contributed by atoms with Crippen LogP contribution in [0.1, 0.15) is 0 Å². The van der Waals surface area contributed by atoms with E-state index >= 15 is 0 Å². The van der Waals surface area contributed by atoms with Gasteiger partial charge in [-0.05, 0) is 0 Å². The molecule has 1 amide bonds. The fourth-order valence-corrected chi connectivity index (χ4v) is 0. The molecule has 0 spiro atoms. The van der Waals surface area contributed by atoms with Crippen molar-refractivity contribution in [3.63, 3.8) is 0 Å². The standard InChI is InChI=1S/CF4NO/c2-1(7)6(3,4)5/q+1. The molecule has 0 aromatic heterocycles. The van der Waals surface area contributed by atoms with Crippen LogP contribution in [0.25, 0.3) is 0 Å². The molecule has 0 aromatic carbocycles. The van der Waals surface area contributed by atoms with Crippen LogP contribution in [0, 0.1) is 0 Å². The molecule has 0 atom stereocenters. The van der Waals surface area contributed by atoms with E-state index in [0.29, 0.717) is 0 Å². The summed E-state index contributed by atoms with van der Waals surface area (Å²) in [5.74, 6) is 0. The first kappa shape index (κ1) is 6.35. The molecule has 0 aromatic rings. The van der Waals surface area contributed by atoms with E-state index in [1.54, 1.807) is 0 Å². The zero-order chi connectivity index (χ0) is 6.08. The average molecular weight is 118 g/mol. The Hall–Kier alpha value is -0.650. The molecule has 2 nitrogen and oxygen atoms in total. The molecular weight excluding hydrogens is 118 g/mol. The zero-order valence-corrected chi connectivity index (χ0v) is 2.87. The van der Waals surface area contributed by atoms with Gasteiger partial charge in [-0.25, -0.2) is 0 Å². The van der Waals surface area contributed by atoms with Crippen LogP contribution in [0.4, 0.5) is 22.6 Å². The highest BCUT2D eigenvalue weighted by atomic mass is 19.6. The van der Waals surface area contributed by atoms with Gasteiger partial charge in [0.2, 0.25) is 0 Å². The van der Waals surface area contributed by atoms with Gasteiger partial charge in [0.05, 0.1) is 0 Å². The lowest BCUT2D eigenvalue weighted by molar-refractivity contribution is -1.21. The van der Waals surface area contributed by atoms with Gasteiger partial charge in [-0.1, -0.05) is 4.39 Å². The number of amides is 1. The van der Waals surface area contributed by atoms with Crippen molar-refractivity contribution in [2.75, 3.05) is 0 Å². The largest absolute Gasteiger partial charge is 0.630 e. The number of halogens is 4. The molecule has 0 bridgehead atoms. The van der Waals surface area contributed by atoms with Crippen LogP contribution in [0.15, 0.2) is 0 Å². The predicted molar refractivity (Wildman–Crippen MR) is 10.1 cm³/mol. The van der Waals surface area contributed by atoms with Crippen molar-refractivity contribution in [2.24, 2.45) is 0 Å². The quantitative estimate of drug-likeness (QED) is 0.204. The van der Waals surface area contributed by atoms with Gasteiger partial charge in [-0.15, -0.1) is 0 Å². The summed E-state index contributed by atoms with van der Waals surface area (Å²) < 4.78 is 41.6. The Morgan fingerprint density at radius 1 is 1.29 bits per heavy atom. The molecule has 0 N–H and O–H groups in total. The molecule has 0 aliphatic heterocycles. The monoisotopic (exact) mass is 118 g/mol. The molecule has 7 heavy (non-hydrogen) atoms. The first-order valence-electron chi connectivity index (χ1n) is 1.12. The highest BCUT2D eigenvalue weighted by molar-refractivity contribution is 5.55. The van der Waals surface area contributed by atoms with E-state index < -0.39 is 11.3 Å². The Kier molecular flexibility index (Phi) is 1.32. The third-order valence-electron chi connectivity index (χ3n) is 0.199. The normalized spacial score (nSPS) is 11.4. The highest BCUT2D eigenvalue weighted by Gasteiger charge is 2.44. The van der Waals surface area contributed by atoms with Crippen molar-refractivity contribution in [3.8, 4) is 0 Å². The Balaban J connectivity index is 3.79. The molecule has 42 valence electrons. The minimum Gasteiger partial charge on any atom is -0.184 e. The number of hydrogen-bond donors (Lipinski definition) is 0. The number of quaternary nitrogens is 1. The van der Waals surface area contributed by atoms with Crippen LogP contribution in [0.5, 0.6) is 0 Å². The summed E-state index contributed by atoms with van der Waals surface area (Å²) >= 11 is 0. The minimum absolute atomic E-state index is 3.32. The van der Waals surface area contributed by atoms with Crippen molar-refractivity contribution >= 4 is 6.16 Å². The Bertz CT molecular complexity index is 84.2. The number of carbonyl (C=O) groups excluding carboxylic acids is 1. The maximum atomic E-state index is 10.4. The summed E-state index contributed by atoms with van der Waals surface area (Å²) in [6, 6.07) is 0. The third-order valence-corrected chi connectivity index (χ3v) is 0.199. The molecule has 0 fully saturated rings. The number of nitrogens with zero attached hydrogens (tertiary/aromatic N) is 1. The third kappa shape index (κ3) is 2.10. The van der Waals surface area contributed by atoms with Gasteiger partial charge in [0.25, 0.3) is 0 Å². The van der Waals surface area contributed by atoms with Gasteiger partial charge in [0.1, 0.15) is 13.4 Å². The maximum absolute atomic E-state index is 10.4. The second-order valence-electron chi connectivity index (χ2n) is 0.698. The molecule has 0 rings (SSSR count). The lowest BCUT2D eigenvalue weighted by Gasteiger charge is -1.83. The van der Waals surface area contributed by atoms with E-state index in [1.165, 1.54) is 0 Å². The van der Waals surface area contributed by atoms with Gasteiger partial charge in [0.15, 0.2) is 0 Å². The van der Waals surface area contributed by atoms with Gasteiger partial charge in [-0.3, -0.25) is 0 Å². The molecule has 0 saturated heterocycles. The Labute approximate surface area is 35.3 Å². The van der Waals surface area contributed by atoms with E-state index in [-0.39, 0.29) is 0 Å². The minimum atomic E-state index is -4.75. The maximum Gasteiger partial charge on any atom is 0.630 e. The molecule has 0 aliphatic rings. The lowest BCUT2D eigenvalue weighted by Crippen LogP contribution is -2.21. The van der Waals surface area contributed by atoms with Crippen molar-refractivity contribution in [3.05, 3.63) is 0 Å². The first-order valence-corrected chi connectivity index (χ1v) is 1.12. The van der Waals surface area contributed by atoms with Crippen LogP contribution < -0.4 is 0 Å². The molecular formula is CF4NO+.